The number of methoxy groups -OCH3 is 2. The number of amides is 1. The number of nitrogens with one attached hydrogen (secondary N) is 1. The smallest absolute Gasteiger partial charge is 0.346 e. The van der Waals surface area contributed by atoms with Crippen LogP contribution in [0.15, 0.2) is 72.8 Å². The molecule has 3 aromatic rings. The minimum Gasteiger partial charge on any atom is -0.496 e. The molecule has 0 fully saturated rings. The molecule has 7 heteroatoms. The number of hydrogen-bond donors (Lipinski definition) is 1. The van der Waals surface area contributed by atoms with Crippen molar-refractivity contribution in [1.29, 1.82) is 0 Å². The van der Waals surface area contributed by atoms with Crippen molar-refractivity contribution in [3.63, 3.8) is 0 Å². The number of rotatable bonds is 7. The highest BCUT2D eigenvalue weighted by molar-refractivity contribution is 6.00. The minimum absolute atomic E-state index is 0.0676. The molecule has 1 atom stereocenters. The van der Waals surface area contributed by atoms with Crippen LogP contribution in [0.5, 0.6) is 11.5 Å². The first-order valence-electron chi connectivity index (χ1n) is 9.07. The van der Waals surface area contributed by atoms with Gasteiger partial charge in [0.05, 0.1) is 14.2 Å². The molecule has 3 rings (SSSR count). The van der Waals surface area contributed by atoms with E-state index in [0.29, 0.717) is 11.3 Å². The van der Waals surface area contributed by atoms with Crippen molar-refractivity contribution < 1.29 is 28.2 Å². The van der Waals surface area contributed by atoms with Gasteiger partial charge in [-0.2, -0.15) is 0 Å². The van der Waals surface area contributed by atoms with Gasteiger partial charge in [-0.25, -0.2) is 9.18 Å². The lowest BCUT2D eigenvalue weighted by molar-refractivity contribution is -0.125. The third-order valence-corrected chi connectivity index (χ3v) is 4.31. The fourth-order valence-corrected chi connectivity index (χ4v) is 2.86. The second-order valence-electron chi connectivity index (χ2n) is 6.23. The number of carbonyl (C=O) groups excluding carboxylic acids is 2. The fourth-order valence-electron chi connectivity index (χ4n) is 2.86. The van der Waals surface area contributed by atoms with Crippen molar-refractivity contribution in [1.82, 2.24) is 0 Å². The van der Waals surface area contributed by atoms with Crippen LogP contribution in [0.3, 0.4) is 0 Å². The van der Waals surface area contributed by atoms with E-state index >= 15 is 0 Å². The van der Waals surface area contributed by atoms with Crippen LogP contribution in [0.4, 0.5) is 10.1 Å². The van der Waals surface area contributed by atoms with Gasteiger partial charge in [0.2, 0.25) is 6.10 Å². The van der Waals surface area contributed by atoms with Gasteiger partial charge >= 0.3 is 5.97 Å². The Morgan fingerprint density at radius 1 is 0.833 bits per heavy atom. The highest BCUT2D eigenvalue weighted by atomic mass is 19.1. The summed E-state index contributed by atoms with van der Waals surface area (Å²) in [6.07, 6.45) is -1.25. The molecular formula is C23H20FNO5. The lowest BCUT2D eigenvalue weighted by Gasteiger charge is -2.19. The summed E-state index contributed by atoms with van der Waals surface area (Å²) < 4.78 is 29.2. The van der Waals surface area contributed by atoms with Gasteiger partial charge in [0.1, 0.15) is 22.9 Å². The number of hydrogen-bond acceptors (Lipinski definition) is 5. The van der Waals surface area contributed by atoms with Gasteiger partial charge in [0, 0.05) is 11.3 Å². The van der Waals surface area contributed by atoms with Crippen molar-refractivity contribution in [2.24, 2.45) is 0 Å². The molecule has 0 saturated heterocycles. The van der Waals surface area contributed by atoms with Crippen LogP contribution in [0.1, 0.15) is 22.0 Å². The summed E-state index contributed by atoms with van der Waals surface area (Å²) in [4.78, 5) is 25.9. The largest absolute Gasteiger partial charge is 0.496 e. The molecule has 1 amide bonds. The minimum atomic E-state index is -1.25. The lowest BCUT2D eigenvalue weighted by Crippen LogP contribution is -2.26. The Balaban J connectivity index is 1.91. The molecule has 154 valence electrons. The Kier molecular flexibility index (Phi) is 6.64. The van der Waals surface area contributed by atoms with Gasteiger partial charge in [-0.3, -0.25) is 4.79 Å². The molecule has 0 aliphatic carbocycles. The first kappa shape index (κ1) is 20.9. The standard InChI is InChI=1S/C23H20FNO5/c1-28-18-9-6-10-19(29-2)20(18)23(27)30-21(15-7-4-3-5-8-15)22(26)25-17-13-11-16(24)12-14-17/h3-14,21H,1-2H3,(H,25,26)/t21-/m0/s1. The zero-order chi connectivity index (χ0) is 21.5. The first-order valence-corrected chi connectivity index (χ1v) is 9.07. The van der Waals surface area contributed by atoms with E-state index in [1.54, 1.807) is 48.5 Å². The van der Waals surface area contributed by atoms with E-state index in [0.717, 1.165) is 0 Å². The summed E-state index contributed by atoms with van der Waals surface area (Å²) in [6, 6.07) is 18.7. The van der Waals surface area contributed by atoms with Crippen LogP contribution >= 0.6 is 0 Å². The van der Waals surface area contributed by atoms with E-state index in [1.807, 2.05) is 0 Å². The molecule has 0 saturated carbocycles. The maximum Gasteiger partial charge on any atom is 0.346 e. The average molecular weight is 409 g/mol. The van der Waals surface area contributed by atoms with Gasteiger partial charge in [-0.05, 0) is 36.4 Å². The molecule has 3 aromatic carbocycles. The molecule has 30 heavy (non-hydrogen) atoms. The highest BCUT2D eigenvalue weighted by Gasteiger charge is 2.29. The second kappa shape index (κ2) is 9.56. The monoisotopic (exact) mass is 409 g/mol. The maximum atomic E-state index is 13.1. The number of carbonyl (C=O) groups is 2. The molecule has 0 heterocycles. The Hall–Kier alpha value is -3.87. The first-order chi connectivity index (χ1) is 14.5. The van der Waals surface area contributed by atoms with Crippen LogP contribution in [0, 0.1) is 5.82 Å². The Labute approximate surface area is 173 Å². The van der Waals surface area contributed by atoms with E-state index in [2.05, 4.69) is 5.32 Å². The number of ether oxygens (including phenoxy) is 3. The zero-order valence-electron chi connectivity index (χ0n) is 16.4. The summed E-state index contributed by atoms with van der Waals surface area (Å²) in [5.74, 6) is -1.29. The molecule has 0 aliphatic heterocycles. The number of halogens is 1. The summed E-state index contributed by atoms with van der Waals surface area (Å²) in [5, 5.41) is 2.64. The third kappa shape index (κ3) is 4.75. The average Bonchev–Trinajstić information content (AvgIpc) is 2.78. The molecule has 0 aliphatic rings. The predicted octanol–water partition coefficient (Wildman–Crippen LogP) is 4.38. The molecular weight excluding hydrogens is 389 g/mol. The van der Waals surface area contributed by atoms with Crippen molar-refractivity contribution in [2.45, 2.75) is 6.10 Å². The van der Waals surface area contributed by atoms with Crippen LogP contribution in [-0.2, 0) is 9.53 Å². The lowest BCUT2D eigenvalue weighted by atomic mass is 10.1. The summed E-state index contributed by atoms with van der Waals surface area (Å²) in [6.45, 7) is 0. The molecule has 0 unspecified atom stereocenters. The summed E-state index contributed by atoms with van der Waals surface area (Å²) in [5.41, 5.74) is 0.908. The third-order valence-electron chi connectivity index (χ3n) is 4.31. The maximum absolute atomic E-state index is 13.1. The zero-order valence-corrected chi connectivity index (χ0v) is 16.4. The van der Waals surface area contributed by atoms with E-state index in [4.69, 9.17) is 14.2 Å². The fraction of sp³-hybridized carbons (Fsp3) is 0.130. The normalized spacial score (nSPS) is 11.3. The molecule has 0 spiro atoms. The molecule has 0 aromatic heterocycles. The van der Waals surface area contributed by atoms with Crippen LogP contribution < -0.4 is 14.8 Å². The van der Waals surface area contributed by atoms with E-state index in [-0.39, 0.29) is 17.1 Å². The second-order valence-corrected chi connectivity index (χ2v) is 6.23. The van der Waals surface area contributed by atoms with Crippen LogP contribution in [0.2, 0.25) is 0 Å². The quantitative estimate of drug-likeness (QED) is 0.586. The van der Waals surface area contributed by atoms with E-state index in [1.165, 1.54) is 38.5 Å². The van der Waals surface area contributed by atoms with Gasteiger partial charge in [-0.1, -0.05) is 36.4 Å². The molecule has 6 nitrogen and oxygen atoms in total. The van der Waals surface area contributed by atoms with E-state index in [9.17, 15) is 14.0 Å². The van der Waals surface area contributed by atoms with Crippen molar-refractivity contribution in [3.05, 3.63) is 89.7 Å². The Morgan fingerprint density at radius 3 is 2.00 bits per heavy atom. The van der Waals surface area contributed by atoms with Gasteiger partial charge in [-0.15, -0.1) is 0 Å². The van der Waals surface area contributed by atoms with Gasteiger partial charge < -0.3 is 19.5 Å². The van der Waals surface area contributed by atoms with E-state index < -0.39 is 23.8 Å². The Bertz CT molecular complexity index is 999. The number of benzene rings is 3. The topological polar surface area (TPSA) is 73.9 Å². The van der Waals surface area contributed by atoms with Crippen molar-refractivity contribution in [3.8, 4) is 11.5 Å². The molecule has 1 N–H and O–H groups in total. The van der Waals surface area contributed by atoms with Crippen LogP contribution in [0.25, 0.3) is 0 Å². The summed E-state index contributed by atoms with van der Waals surface area (Å²) in [7, 11) is 2.84. The predicted molar refractivity (Wildman–Crippen MR) is 109 cm³/mol. The van der Waals surface area contributed by atoms with Crippen molar-refractivity contribution >= 4 is 17.6 Å². The molecule has 0 radical (unpaired) electrons. The van der Waals surface area contributed by atoms with Crippen LogP contribution in [-0.4, -0.2) is 26.1 Å². The van der Waals surface area contributed by atoms with Gasteiger partial charge in [0.25, 0.3) is 5.91 Å². The number of anilines is 1. The van der Waals surface area contributed by atoms with Gasteiger partial charge in [0.15, 0.2) is 0 Å². The molecule has 0 bridgehead atoms. The van der Waals surface area contributed by atoms with Crippen molar-refractivity contribution in [2.75, 3.05) is 19.5 Å². The number of esters is 1. The highest BCUT2D eigenvalue weighted by Crippen LogP contribution is 2.31. The summed E-state index contributed by atoms with van der Waals surface area (Å²) >= 11 is 0. The Morgan fingerprint density at radius 2 is 1.43 bits per heavy atom. The SMILES string of the molecule is COc1cccc(OC)c1C(=O)O[C@H](C(=O)Nc1ccc(F)cc1)c1ccccc1.